The van der Waals surface area contributed by atoms with Crippen LogP contribution in [0.15, 0.2) is 24.3 Å². The molecule has 20 heavy (non-hydrogen) atoms. The Kier molecular flexibility index (Phi) is 3.23. The topological polar surface area (TPSA) is 75.3 Å². The van der Waals surface area contributed by atoms with Crippen LogP contribution in [0.2, 0.25) is 0 Å². The first-order valence-corrected chi connectivity index (χ1v) is 6.65. The molecule has 1 aliphatic heterocycles. The lowest BCUT2D eigenvalue weighted by molar-refractivity contribution is 0.0991. The fraction of sp³-hybridized carbons (Fsp3) is 0.357. The second-order valence-electron chi connectivity index (χ2n) is 5.04. The predicted octanol–water partition coefficient (Wildman–Crippen LogP) is 0.480. The number of fused-ring (bicyclic) bond motifs is 1. The van der Waals surface area contributed by atoms with E-state index in [2.05, 4.69) is 26.8 Å². The van der Waals surface area contributed by atoms with Crippen LogP contribution in [-0.2, 0) is 0 Å². The van der Waals surface area contributed by atoms with E-state index >= 15 is 0 Å². The Morgan fingerprint density at radius 1 is 1.15 bits per heavy atom. The fourth-order valence-electron chi connectivity index (χ4n) is 2.43. The molecule has 104 valence electrons. The highest BCUT2D eigenvalue weighted by Crippen LogP contribution is 2.24. The maximum atomic E-state index is 11.4. The molecule has 0 saturated carbocycles. The van der Waals surface area contributed by atoms with Gasteiger partial charge in [0, 0.05) is 31.6 Å². The summed E-state index contributed by atoms with van der Waals surface area (Å²) in [5.74, 6) is 0.293. The van der Waals surface area contributed by atoms with Gasteiger partial charge in [0.05, 0.1) is 5.52 Å². The van der Waals surface area contributed by atoms with Crippen molar-refractivity contribution >= 4 is 22.6 Å². The fourth-order valence-corrected chi connectivity index (χ4v) is 2.43. The molecule has 1 fully saturated rings. The van der Waals surface area contributed by atoms with Crippen LogP contribution >= 0.6 is 0 Å². The molecule has 1 saturated heterocycles. The molecule has 0 unspecified atom stereocenters. The average Bonchev–Trinajstić information content (AvgIpc) is 2.47. The summed E-state index contributed by atoms with van der Waals surface area (Å²) in [5.41, 5.74) is 6.09. The number of nitrogens with two attached hydrogens (primary N) is 1. The van der Waals surface area contributed by atoms with E-state index < -0.39 is 5.91 Å². The number of hydrogen-bond acceptors (Lipinski definition) is 5. The number of para-hydroxylation sites is 1. The number of hydrogen-bond donors (Lipinski definition) is 1. The molecule has 2 heterocycles. The van der Waals surface area contributed by atoms with Crippen molar-refractivity contribution in [1.82, 2.24) is 14.9 Å². The van der Waals surface area contributed by atoms with Crippen LogP contribution in [0.5, 0.6) is 0 Å². The number of aromatic nitrogens is 2. The van der Waals surface area contributed by atoms with Crippen LogP contribution in [0, 0.1) is 0 Å². The summed E-state index contributed by atoms with van der Waals surface area (Å²) in [6.45, 7) is 3.72. The smallest absolute Gasteiger partial charge is 0.286 e. The first-order chi connectivity index (χ1) is 9.65. The largest absolute Gasteiger partial charge is 0.363 e. The average molecular weight is 271 g/mol. The SMILES string of the molecule is CN1CCN(c2nc(C(N)=O)nc3ccccc23)CC1. The zero-order valence-corrected chi connectivity index (χ0v) is 11.4. The van der Waals surface area contributed by atoms with Crippen molar-refractivity contribution in [2.45, 2.75) is 0 Å². The highest BCUT2D eigenvalue weighted by molar-refractivity contribution is 5.95. The number of amides is 1. The summed E-state index contributed by atoms with van der Waals surface area (Å²) >= 11 is 0. The summed E-state index contributed by atoms with van der Waals surface area (Å²) in [5, 5.41) is 0.960. The molecule has 1 aromatic heterocycles. The molecule has 3 rings (SSSR count). The first kappa shape index (κ1) is 12.8. The highest BCUT2D eigenvalue weighted by Gasteiger charge is 2.19. The van der Waals surface area contributed by atoms with Crippen LogP contribution in [0.25, 0.3) is 10.9 Å². The molecule has 6 nitrogen and oxygen atoms in total. The lowest BCUT2D eigenvalue weighted by atomic mass is 10.2. The monoisotopic (exact) mass is 271 g/mol. The van der Waals surface area contributed by atoms with Crippen LogP contribution in [0.4, 0.5) is 5.82 Å². The highest BCUT2D eigenvalue weighted by atomic mass is 16.1. The Labute approximate surface area is 117 Å². The van der Waals surface area contributed by atoms with Gasteiger partial charge in [0.1, 0.15) is 5.82 Å². The summed E-state index contributed by atoms with van der Waals surface area (Å²) in [7, 11) is 2.10. The Morgan fingerprint density at radius 2 is 1.85 bits per heavy atom. The van der Waals surface area contributed by atoms with Crippen LogP contribution in [0.1, 0.15) is 10.6 Å². The van der Waals surface area contributed by atoms with Gasteiger partial charge in [0.15, 0.2) is 0 Å². The minimum Gasteiger partial charge on any atom is -0.363 e. The van der Waals surface area contributed by atoms with Crippen molar-refractivity contribution in [3.05, 3.63) is 30.1 Å². The molecule has 1 aliphatic rings. The van der Waals surface area contributed by atoms with Crippen molar-refractivity contribution < 1.29 is 4.79 Å². The number of carbonyl (C=O) groups excluding carboxylic acids is 1. The number of benzene rings is 1. The minimum atomic E-state index is -0.592. The number of likely N-dealkylation sites (N-methyl/N-ethyl adjacent to an activating group) is 1. The van der Waals surface area contributed by atoms with Gasteiger partial charge in [-0.05, 0) is 19.2 Å². The third-order valence-corrected chi connectivity index (χ3v) is 3.61. The van der Waals surface area contributed by atoms with E-state index in [-0.39, 0.29) is 5.82 Å². The van der Waals surface area contributed by atoms with E-state index in [1.165, 1.54) is 0 Å². The molecule has 0 bridgehead atoms. The zero-order valence-electron chi connectivity index (χ0n) is 11.4. The third-order valence-electron chi connectivity index (χ3n) is 3.61. The number of rotatable bonds is 2. The van der Waals surface area contributed by atoms with E-state index in [0.29, 0.717) is 0 Å². The third kappa shape index (κ3) is 2.30. The summed E-state index contributed by atoms with van der Waals surface area (Å²) in [6.07, 6.45) is 0. The number of carbonyl (C=O) groups is 1. The number of primary amides is 1. The van der Waals surface area contributed by atoms with E-state index in [1.54, 1.807) is 0 Å². The van der Waals surface area contributed by atoms with Gasteiger partial charge in [0.2, 0.25) is 5.82 Å². The van der Waals surface area contributed by atoms with Crippen molar-refractivity contribution in [3.8, 4) is 0 Å². The Hall–Kier alpha value is -2.21. The maximum Gasteiger partial charge on any atom is 0.286 e. The van der Waals surface area contributed by atoms with Gasteiger partial charge in [-0.2, -0.15) is 0 Å². The van der Waals surface area contributed by atoms with E-state index in [0.717, 1.165) is 42.9 Å². The molecule has 1 amide bonds. The van der Waals surface area contributed by atoms with Crippen LogP contribution in [-0.4, -0.2) is 54.0 Å². The molecule has 2 aromatic rings. The predicted molar refractivity (Wildman–Crippen MR) is 77.8 cm³/mol. The lowest BCUT2D eigenvalue weighted by Crippen LogP contribution is -2.45. The quantitative estimate of drug-likeness (QED) is 0.860. The second-order valence-corrected chi connectivity index (χ2v) is 5.04. The van der Waals surface area contributed by atoms with Gasteiger partial charge in [-0.15, -0.1) is 0 Å². The van der Waals surface area contributed by atoms with Crippen LogP contribution < -0.4 is 10.6 Å². The second kappa shape index (κ2) is 5.05. The summed E-state index contributed by atoms with van der Waals surface area (Å²) in [6, 6.07) is 7.71. The standard InChI is InChI=1S/C14H17N5O/c1-18-6-8-19(9-7-18)14-10-4-2-3-5-11(10)16-13(17-14)12(15)20/h2-5H,6-9H2,1H3,(H2,15,20). The number of piperazine rings is 1. The normalized spacial score (nSPS) is 16.6. The molecule has 0 aliphatic carbocycles. The van der Waals surface area contributed by atoms with Crippen molar-refractivity contribution in [2.75, 3.05) is 38.1 Å². The van der Waals surface area contributed by atoms with Crippen LogP contribution in [0.3, 0.4) is 0 Å². The van der Waals surface area contributed by atoms with Gasteiger partial charge >= 0.3 is 0 Å². The molecule has 0 spiro atoms. The lowest BCUT2D eigenvalue weighted by Gasteiger charge is -2.33. The maximum absolute atomic E-state index is 11.4. The van der Waals surface area contributed by atoms with Gasteiger partial charge in [-0.3, -0.25) is 4.79 Å². The van der Waals surface area contributed by atoms with Crippen molar-refractivity contribution in [1.29, 1.82) is 0 Å². The summed E-state index contributed by atoms with van der Waals surface area (Å²) < 4.78 is 0. The Balaban J connectivity index is 2.10. The summed E-state index contributed by atoms with van der Waals surface area (Å²) in [4.78, 5) is 24.5. The van der Waals surface area contributed by atoms with E-state index in [9.17, 15) is 4.79 Å². The molecular weight excluding hydrogens is 254 g/mol. The van der Waals surface area contributed by atoms with E-state index in [4.69, 9.17) is 5.73 Å². The van der Waals surface area contributed by atoms with Crippen molar-refractivity contribution in [2.24, 2.45) is 5.73 Å². The molecule has 1 aromatic carbocycles. The Bertz CT molecular complexity index is 649. The Morgan fingerprint density at radius 3 is 2.55 bits per heavy atom. The first-order valence-electron chi connectivity index (χ1n) is 6.65. The zero-order chi connectivity index (χ0) is 14.1. The van der Waals surface area contributed by atoms with Gasteiger partial charge < -0.3 is 15.5 Å². The van der Waals surface area contributed by atoms with Gasteiger partial charge in [0.25, 0.3) is 5.91 Å². The molecule has 2 N–H and O–H groups in total. The van der Waals surface area contributed by atoms with Crippen molar-refractivity contribution in [3.63, 3.8) is 0 Å². The molecular formula is C14H17N5O. The van der Waals surface area contributed by atoms with E-state index in [1.807, 2.05) is 24.3 Å². The number of nitrogens with zero attached hydrogens (tertiary/aromatic N) is 4. The molecule has 0 radical (unpaired) electrons. The molecule has 6 heteroatoms. The van der Waals surface area contributed by atoms with Gasteiger partial charge in [-0.25, -0.2) is 9.97 Å². The van der Waals surface area contributed by atoms with Gasteiger partial charge in [-0.1, -0.05) is 12.1 Å². The molecule has 0 atom stereocenters. The minimum absolute atomic E-state index is 0.0811. The number of anilines is 1.